The van der Waals surface area contributed by atoms with Crippen molar-refractivity contribution in [2.24, 2.45) is 23.0 Å². The molecule has 0 bridgehead atoms. The zero-order chi connectivity index (χ0) is 13.9. The maximum absolute atomic E-state index is 6.12. The van der Waals surface area contributed by atoms with Gasteiger partial charge in [0, 0.05) is 12.6 Å². The SMILES string of the molecule is CC1CC(C)C(C)N(CCC2(CN)CCCCC2)C1. The summed E-state index contributed by atoms with van der Waals surface area (Å²) in [4.78, 5) is 2.74. The number of rotatable bonds is 4. The molecule has 2 heteroatoms. The average molecular weight is 266 g/mol. The Morgan fingerprint density at radius 1 is 1.11 bits per heavy atom. The van der Waals surface area contributed by atoms with E-state index >= 15 is 0 Å². The molecule has 1 aliphatic carbocycles. The minimum atomic E-state index is 0.474. The van der Waals surface area contributed by atoms with Gasteiger partial charge >= 0.3 is 0 Å². The Kier molecular flexibility index (Phi) is 5.30. The minimum absolute atomic E-state index is 0.474. The number of nitrogens with zero attached hydrogens (tertiary/aromatic N) is 1. The van der Waals surface area contributed by atoms with Crippen LogP contribution in [-0.4, -0.2) is 30.6 Å². The highest BCUT2D eigenvalue weighted by Crippen LogP contribution is 2.39. The average Bonchev–Trinajstić information content (AvgIpc) is 2.42. The molecule has 2 rings (SSSR count). The Bertz CT molecular complexity index is 270. The summed E-state index contributed by atoms with van der Waals surface area (Å²) in [6, 6.07) is 0.759. The van der Waals surface area contributed by atoms with Crippen LogP contribution in [0.1, 0.15) is 65.7 Å². The molecule has 2 aliphatic rings. The normalized spacial score (nSPS) is 36.3. The third-order valence-corrected chi connectivity index (χ3v) is 6.00. The lowest BCUT2D eigenvalue weighted by Crippen LogP contribution is -2.47. The van der Waals surface area contributed by atoms with Crippen LogP contribution in [0.2, 0.25) is 0 Å². The molecule has 3 unspecified atom stereocenters. The first-order valence-corrected chi connectivity index (χ1v) is 8.50. The van der Waals surface area contributed by atoms with Crippen LogP contribution in [0, 0.1) is 17.3 Å². The van der Waals surface area contributed by atoms with Gasteiger partial charge in [-0.15, -0.1) is 0 Å². The summed E-state index contributed by atoms with van der Waals surface area (Å²) in [5.74, 6) is 1.72. The van der Waals surface area contributed by atoms with Crippen molar-refractivity contribution in [2.75, 3.05) is 19.6 Å². The van der Waals surface area contributed by atoms with E-state index in [4.69, 9.17) is 5.73 Å². The standard InChI is InChI=1S/C17H34N2/c1-14-11-15(2)16(3)19(12-14)10-9-17(13-18)7-5-4-6-8-17/h14-16H,4-13,18H2,1-3H3. The van der Waals surface area contributed by atoms with E-state index in [9.17, 15) is 0 Å². The molecule has 0 aromatic carbocycles. The second-order valence-corrected chi connectivity index (χ2v) is 7.57. The van der Waals surface area contributed by atoms with Gasteiger partial charge in [-0.3, -0.25) is 0 Å². The minimum Gasteiger partial charge on any atom is -0.330 e. The van der Waals surface area contributed by atoms with Gasteiger partial charge < -0.3 is 10.6 Å². The van der Waals surface area contributed by atoms with E-state index in [2.05, 4.69) is 25.7 Å². The summed E-state index contributed by atoms with van der Waals surface area (Å²) in [6.07, 6.45) is 9.70. The predicted molar refractivity (Wildman–Crippen MR) is 83.2 cm³/mol. The highest BCUT2D eigenvalue weighted by molar-refractivity contribution is 4.87. The molecule has 1 heterocycles. The lowest BCUT2D eigenvalue weighted by molar-refractivity contribution is 0.0570. The largest absolute Gasteiger partial charge is 0.330 e. The fraction of sp³-hybridized carbons (Fsp3) is 1.00. The van der Waals surface area contributed by atoms with Crippen molar-refractivity contribution >= 4 is 0 Å². The fourth-order valence-corrected chi connectivity index (χ4v) is 4.37. The summed E-state index contributed by atoms with van der Waals surface area (Å²) < 4.78 is 0. The van der Waals surface area contributed by atoms with Gasteiger partial charge in [-0.1, -0.05) is 33.1 Å². The van der Waals surface area contributed by atoms with Gasteiger partial charge in [-0.2, -0.15) is 0 Å². The van der Waals surface area contributed by atoms with Crippen molar-refractivity contribution in [2.45, 2.75) is 71.8 Å². The molecule has 0 amide bonds. The highest BCUT2D eigenvalue weighted by Gasteiger charge is 2.33. The second kappa shape index (κ2) is 6.58. The van der Waals surface area contributed by atoms with Crippen molar-refractivity contribution in [3.05, 3.63) is 0 Å². The Balaban J connectivity index is 1.89. The Morgan fingerprint density at radius 2 is 1.79 bits per heavy atom. The molecule has 3 atom stereocenters. The predicted octanol–water partition coefficient (Wildman–Crippen LogP) is 3.65. The second-order valence-electron chi connectivity index (χ2n) is 7.57. The van der Waals surface area contributed by atoms with E-state index in [1.807, 2.05) is 0 Å². The van der Waals surface area contributed by atoms with E-state index in [-0.39, 0.29) is 0 Å². The molecule has 1 aliphatic heterocycles. The smallest absolute Gasteiger partial charge is 0.00927 e. The molecule has 2 nitrogen and oxygen atoms in total. The molecule has 19 heavy (non-hydrogen) atoms. The first-order chi connectivity index (χ1) is 9.06. The lowest BCUT2D eigenvalue weighted by Gasteiger charge is -2.44. The zero-order valence-electron chi connectivity index (χ0n) is 13.3. The van der Waals surface area contributed by atoms with Gasteiger partial charge in [0.05, 0.1) is 0 Å². The molecule has 1 saturated heterocycles. The summed E-state index contributed by atoms with van der Waals surface area (Å²) in [5.41, 5.74) is 6.60. The van der Waals surface area contributed by atoms with Crippen LogP contribution in [0.15, 0.2) is 0 Å². The van der Waals surface area contributed by atoms with E-state index in [1.54, 1.807) is 0 Å². The van der Waals surface area contributed by atoms with Crippen molar-refractivity contribution in [3.63, 3.8) is 0 Å². The number of likely N-dealkylation sites (tertiary alicyclic amines) is 1. The molecule has 0 aromatic rings. The summed E-state index contributed by atoms with van der Waals surface area (Å²) in [6.45, 7) is 10.7. The Hall–Kier alpha value is -0.0800. The van der Waals surface area contributed by atoms with Gasteiger partial charge in [0.15, 0.2) is 0 Å². The van der Waals surface area contributed by atoms with Gasteiger partial charge in [0.1, 0.15) is 0 Å². The van der Waals surface area contributed by atoms with Crippen molar-refractivity contribution in [1.29, 1.82) is 0 Å². The number of hydrogen-bond donors (Lipinski definition) is 1. The maximum atomic E-state index is 6.12. The third-order valence-electron chi connectivity index (χ3n) is 6.00. The molecule has 2 N–H and O–H groups in total. The molecule has 2 fully saturated rings. The molecular formula is C17H34N2. The van der Waals surface area contributed by atoms with Gasteiger partial charge in [0.25, 0.3) is 0 Å². The van der Waals surface area contributed by atoms with Gasteiger partial charge in [-0.05, 0) is 62.9 Å². The van der Waals surface area contributed by atoms with Crippen LogP contribution in [0.25, 0.3) is 0 Å². The fourth-order valence-electron chi connectivity index (χ4n) is 4.37. The molecule has 0 spiro atoms. The van der Waals surface area contributed by atoms with Crippen LogP contribution >= 0.6 is 0 Å². The maximum Gasteiger partial charge on any atom is 0.00927 e. The first-order valence-electron chi connectivity index (χ1n) is 8.50. The summed E-state index contributed by atoms with van der Waals surface area (Å²) in [5, 5.41) is 0. The Morgan fingerprint density at radius 3 is 2.42 bits per heavy atom. The summed E-state index contributed by atoms with van der Waals surface area (Å²) in [7, 11) is 0. The number of piperidine rings is 1. The zero-order valence-corrected chi connectivity index (χ0v) is 13.3. The van der Waals surface area contributed by atoms with E-state index in [0.717, 1.165) is 24.4 Å². The quantitative estimate of drug-likeness (QED) is 0.841. The highest BCUT2D eigenvalue weighted by atomic mass is 15.2. The Labute approximate surface area is 120 Å². The lowest BCUT2D eigenvalue weighted by atomic mass is 9.71. The third kappa shape index (κ3) is 3.72. The van der Waals surface area contributed by atoms with E-state index < -0.39 is 0 Å². The van der Waals surface area contributed by atoms with Crippen molar-refractivity contribution < 1.29 is 0 Å². The van der Waals surface area contributed by atoms with Crippen LogP contribution in [-0.2, 0) is 0 Å². The van der Waals surface area contributed by atoms with Crippen LogP contribution < -0.4 is 5.73 Å². The van der Waals surface area contributed by atoms with Crippen LogP contribution in [0.5, 0.6) is 0 Å². The van der Waals surface area contributed by atoms with Crippen LogP contribution in [0.3, 0.4) is 0 Å². The van der Waals surface area contributed by atoms with Crippen LogP contribution in [0.4, 0.5) is 0 Å². The van der Waals surface area contributed by atoms with E-state index in [1.165, 1.54) is 58.0 Å². The molecule has 1 saturated carbocycles. The molecule has 0 radical (unpaired) electrons. The number of hydrogen-bond acceptors (Lipinski definition) is 2. The topological polar surface area (TPSA) is 29.3 Å². The number of nitrogens with two attached hydrogens (primary N) is 1. The van der Waals surface area contributed by atoms with Crippen molar-refractivity contribution in [3.8, 4) is 0 Å². The molecular weight excluding hydrogens is 232 g/mol. The van der Waals surface area contributed by atoms with Gasteiger partial charge in [0.2, 0.25) is 0 Å². The first kappa shape index (κ1) is 15.3. The van der Waals surface area contributed by atoms with E-state index in [0.29, 0.717) is 5.41 Å². The molecule has 112 valence electrons. The van der Waals surface area contributed by atoms with Gasteiger partial charge in [-0.25, -0.2) is 0 Å². The molecule has 0 aromatic heterocycles. The monoisotopic (exact) mass is 266 g/mol. The van der Waals surface area contributed by atoms with Crippen molar-refractivity contribution in [1.82, 2.24) is 4.90 Å². The summed E-state index contributed by atoms with van der Waals surface area (Å²) >= 11 is 0.